The van der Waals surface area contributed by atoms with E-state index in [0.29, 0.717) is 12.8 Å². The fourth-order valence-electron chi connectivity index (χ4n) is 7.16. The molecule has 0 aromatic heterocycles. The van der Waals surface area contributed by atoms with Crippen molar-refractivity contribution in [1.82, 2.24) is 5.32 Å². The van der Waals surface area contributed by atoms with Crippen molar-refractivity contribution < 1.29 is 39.8 Å². The van der Waals surface area contributed by atoms with Gasteiger partial charge in [0.25, 0.3) is 0 Å². The van der Waals surface area contributed by atoms with Gasteiger partial charge in [-0.3, -0.25) is 4.79 Å². The fourth-order valence-corrected chi connectivity index (χ4v) is 7.16. The number of amides is 1. The summed E-state index contributed by atoms with van der Waals surface area (Å²) in [5.74, 6) is -0.142. The zero-order chi connectivity index (χ0) is 37.4. The Kier molecular flexibility index (Phi) is 31.9. The van der Waals surface area contributed by atoms with Gasteiger partial charge in [-0.2, -0.15) is 0 Å². The predicted molar refractivity (Wildman–Crippen MR) is 208 cm³/mol. The van der Waals surface area contributed by atoms with Crippen molar-refractivity contribution in [2.45, 2.75) is 249 Å². The SMILES string of the molecule is CCCCCCCCCCCCCCCCCC(=O)NC(COC1OC(CO)C(O)C(O)C1O)C(O)CCCCCCCCCCCCCCC. The molecule has 9 heteroatoms. The summed E-state index contributed by atoms with van der Waals surface area (Å²) in [6, 6.07) is -0.710. The average Bonchev–Trinajstić information content (AvgIpc) is 3.13. The lowest BCUT2D eigenvalue weighted by molar-refractivity contribution is -0.302. The summed E-state index contributed by atoms with van der Waals surface area (Å²) in [5.41, 5.74) is 0. The van der Waals surface area contributed by atoms with Crippen molar-refractivity contribution in [3.63, 3.8) is 0 Å². The van der Waals surface area contributed by atoms with Gasteiger partial charge in [0.1, 0.15) is 24.4 Å². The minimum Gasteiger partial charge on any atom is -0.394 e. The van der Waals surface area contributed by atoms with E-state index in [1.54, 1.807) is 0 Å². The lowest BCUT2D eigenvalue weighted by atomic mass is 9.99. The number of hydrogen-bond acceptors (Lipinski definition) is 8. The Morgan fingerprint density at radius 2 is 0.980 bits per heavy atom. The molecule has 1 fully saturated rings. The molecule has 7 atom stereocenters. The highest BCUT2D eigenvalue weighted by molar-refractivity contribution is 5.76. The number of carbonyl (C=O) groups excluding carboxylic acids is 1. The maximum absolute atomic E-state index is 12.9. The minimum absolute atomic E-state index is 0.132. The predicted octanol–water partition coefficient (Wildman–Crippen LogP) is 8.39. The van der Waals surface area contributed by atoms with Crippen LogP contribution in [-0.2, 0) is 14.3 Å². The second-order valence-electron chi connectivity index (χ2n) is 15.5. The van der Waals surface area contributed by atoms with Crippen LogP contribution in [-0.4, -0.2) is 87.5 Å². The molecule has 1 amide bonds. The lowest BCUT2D eigenvalue weighted by Gasteiger charge is -2.40. The molecular weight excluding hydrogens is 646 g/mol. The van der Waals surface area contributed by atoms with Crippen LogP contribution in [0.2, 0.25) is 0 Å². The normalized spacial score (nSPS) is 21.9. The molecule has 1 saturated heterocycles. The molecule has 0 bridgehead atoms. The number of nitrogens with one attached hydrogen (secondary N) is 1. The third kappa shape index (κ3) is 25.0. The van der Waals surface area contributed by atoms with E-state index in [2.05, 4.69) is 19.2 Å². The van der Waals surface area contributed by atoms with E-state index in [1.165, 1.54) is 141 Å². The van der Waals surface area contributed by atoms with E-state index in [0.717, 1.165) is 38.5 Å². The van der Waals surface area contributed by atoms with Crippen LogP contribution in [0, 0.1) is 0 Å². The summed E-state index contributed by atoms with van der Waals surface area (Å²) in [6.07, 6.45) is 28.2. The fraction of sp³-hybridized carbons (Fsp3) is 0.976. The van der Waals surface area contributed by atoms with Crippen molar-refractivity contribution in [2.75, 3.05) is 13.2 Å². The van der Waals surface area contributed by atoms with E-state index in [1.807, 2.05) is 0 Å². The van der Waals surface area contributed by atoms with E-state index in [4.69, 9.17) is 9.47 Å². The van der Waals surface area contributed by atoms with E-state index in [-0.39, 0.29) is 12.5 Å². The Balaban J connectivity index is 2.35. The van der Waals surface area contributed by atoms with Crippen LogP contribution in [0.3, 0.4) is 0 Å². The highest BCUT2D eigenvalue weighted by Gasteiger charge is 2.44. The number of hydrogen-bond donors (Lipinski definition) is 6. The third-order valence-electron chi connectivity index (χ3n) is 10.7. The van der Waals surface area contributed by atoms with Crippen LogP contribution in [0.15, 0.2) is 0 Å². The Morgan fingerprint density at radius 1 is 0.588 bits per heavy atom. The molecule has 51 heavy (non-hydrogen) atoms. The number of carbonyl (C=O) groups is 1. The molecular formula is C42H83NO8. The molecule has 304 valence electrons. The molecule has 1 rings (SSSR count). The first-order valence-corrected chi connectivity index (χ1v) is 21.7. The van der Waals surface area contributed by atoms with Gasteiger partial charge in [0, 0.05) is 6.42 Å². The number of rotatable bonds is 36. The standard InChI is InChI=1S/C42H83NO8/c1-3-5-7-9-11-13-15-17-18-20-22-24-26-28-30-32-38(46)43-35(34-50-42-41(49)40(48)39(47)37(33-44)51-42)36(45)31-29-27-25-23-21-19-16-14-12-10-8-6-4-2/h35-37,39-42,44-45,47-49H,3-34H2,1-2H3,(H,43,46). The van der Waals surface area contributed by atoms with Crippen molar-refractivity contribution in [2.24, 2.45) is 0 Å². The lowest BCUT2D eigenvalue weighted by Crippen LogP contribution is -2.60. The summed E-state index contributed by atoms with van der Waals surface area (Å²) in [5, 5.41) is 54.2. The minimum atomic E-state index is -1.55. The zero-order valence-corrected chi connectivity index (χ0v) is 33.1. The van der Waals surface area contributed by atoms with Gasteiger partial charge in [-0.25, -0.2) is 0 Å². The van der Waals surface area contributed by atoms with Crippen LogP contribution in [0.1, 0.15) is 206 Å². The number of unbranched alkanes of at least 4 members (excludes halogenated alkanes) is 26. The third-order valence-corrected chi connectivity index (χ3v) is 10.7. The van der Waals surface area contributed by atoms with Crippen molar-refractivity contribution in [3.8, 4) is 0 Å². The number of aliphatic hydroxyl groups is 5. The maximum Gasteiger partial charge on any atom is 0.220 e. The van der Waals surface area contributed by atoms with E-state index in [9.17, 15) is 30.3 Å². The first-order chi connectivity index (χ1) is 24.8. The second kappa shape index (κ2) is 33.7. The van der Waals surface area contributed by atoms with Gasteiger partial charge in [0.2, 0.25) is 5.91 Å². The Morgan fingerprint density at radius 3 is 1.39 bits per heavy atom. The van der Waals surface area contributed by atoms with E-state index < -0.39 is 49.5 Å². The molecule has 0 saturated carbocycles. The van der Waals surface area contributed by atoms with Gasteiger partial charge in [0.15, 0.2) is 6.29 Å². The van der Waals surface area contributed by atoms with Crippen LogP contribution in [0.5, 0.6) is 0 Å². The molecule has 7 unspecified atom stereocenters. The van der Waals surface area contributed by atoms with E-state index >= 15 is 0 Å². The van der Waals surface area contributed by atoms with Gasteiger partial charge < -0.3 is 40.3 Å². The van der Waals surface area contributed by atoms with Crippen LogP contribution in [0.25, 0.3) is 0 Å². The Bertz CT molecular complexity index is 771. The average molecular weight is 730 g/mol. The van der Waals surface area contributed by atoms with Crippen LogP contribution in [0.4, 0.5) is 0 Å². The zero-order valence-electron chi connectivity index (χ0n) is 33.1. The Labute approximate surface area is 313 Å². The summed E-state index contributed by atoms with van der Waals surface area (Å²) in [4.78, 5) is 12.9. The summed E-state index contributed by atoms with van der Waals surface area (Å²) >= 11 is 0. The molecule has 0 aromatic rings. The molecule has 0 aromatic carbocycles. The smallest absolute Gasteiger partial charge is 0.220 e. The second-order valence-corrected chi connectivity index (χ2v) is 15.5. The van der Waals surface area contributed by atoms with Crippen LogP contribution < -0.4 is 5.32 Å². The molecule has 9 nitrogen and oxygen atoms in total. The first-order valence-electron chi connectivity index (χ1n) is 21.7. The molecule has 0 radical (unpaired) electrons. The van der Waals surface area contributed by atoms with Gasteiger partial charge in [-0.15, -0.1) is 0 Å². The topological polar surface area (TPSA) is 149 Å². The first kappa shape index (κ1) is 48.2. The molecule has 0 aliphatic carbocycles. The molecule has 0 spiro atoms. The highest BCUT2D eigenvalue weighted by Crippen LogP contribution is 2.23. The van der Waals surface area contributed by atoms with Gasteiger partial charge >= 0.3 is 0 Å². The van der Waals surface area contributed by atoms with Crippen molar-refractivity contribution >= 4 is 5.91 Å². The van der Waals surface area contributed by atoms with Gasteiger partial charge in [0.05, 0.1) is 25.4 Å². The highest BCUT2D eigenvalue weighted by atomic mass is 16.7. The Hall–Kier alpha value is -0.810. The quantitative estimate of drug-likeness (QED) is 0.0353. The molecule has 1 aliphatic rings. The monoisotopic (exact) mass is 730 g/mol. The van der Waals surface area contributed by atoms with Gasteiger partial charge in [-0.05, 0) is 12.8 Å². The summed E-state index contributed by atoms with van der Waals surface area (Å²) < 4.78 is 11.2. The summed E-state index contributed by atoms with van der Waals surface area (Å²) in [7, 11) is 0. The van der Waals surface area contributed by atoms with Crippen molar-refractivity contribution in [1.29, 1.82) is 0 Å². The molecule has 1 heterocycles. The number of aliphatic hydroxyl groups excluding tert-OH is 5. The maximum atomic E-state index is 12.9. The van der Waals surface area contributed by atoms with Crippen LogP contribution >= 0.6 is 0 Å². The van der Waals surface area contributed by atoms with Crippen molar-refractivity contribution in [3.05, 3.63) is 0 Å². The van der Waals surface area contributed by atoms with Gasteiger partial charge in [-0.1, -0.05) is 187 Å². The summed E-state index contributed by atoms with van der Waals surface area (Å²) in [6.45, 7) is 3.83. The number of ether oxygens (including phenoxy) is 2. The molecule has 6 N–H and O–H groups in total. The largest absolute Gasteiger partial charge is 0.394 e. The molecule has 1 aliphatic heterocycles.